The molecule has 7 heteroatoms. The van der Waals surface area contributed by atoms with Crippen molar-refractivity contribution in [3.8, 4) is 5.75 Å². The summed E-state index contributed by atoms with van der Waals surface area (Å²) >= 11 is 0. The zero-order valence-electron chi connectivity index (χ0n) is 16.7. The fourth-order valence-corrected chi connectivity index (χ4v) is 3.14. The van der Waals surface area contributed by atoms with Crippen molar-refractivity contribution in [1.29, 1.82) is 0 Å². The number of rotatable bonds is 8. The summed E-state index contributed by atoms with van der Waals surface area (Å²) in [7, 11) is 1.40. The highest BCUT2D eigenvalue weighted by Crippen LogP contribution is 2.29. The second-order valence-corrected chi connectivity index (χ2v) is 6.77. The molecule has 0 heterocycles. The number of nitro groups is 1. The Bertz CT molecular complexity index is 970. The normalized spacial score (nSPS) is 11.7. The second kappa shape index (κ2) is 9.67. The van der Waals surface area contributed by atoms with E-state index in [1.807, 2.05) is 60.7 Å². The minimum atomic E-state index is -0.546. The Hall–Kier alpha value is -3.71. The molecule has 0 bridgehead atoms. The number of carbonyl (C=O) groups excluding carboxylic acids is 1. The van der Waals surface area contributed by atoms with Crippen LogP contribution in [0.1, 0.15) is 24.1 Å². The summed E-state index contributed by atoms with van der Waals surface area (Å²) in [4.78, 5) is 23.3. The molecule has 1 amide bonds. The molecule has 0 aromatic heterocycles. The highest BCUT2D eigenvalue weighted by Gasteiger charge is 2.22. The van der Waals surface area contributed by atoms with Gasteiger partial charge < -0.3 is 10.1 Å². The van der Waals surface area contributed by atoms with Gasteiger partial charge in [0.05, 0.1) is 35.9 Å². The van der Waals surface area contributed by atoms with E-state index in [1.54, 1.807) is 6.92 Å². The molecule has 0 saturated heterocycles. The maximum Gasteiger partial charge on any atom is 0.273 e. The zero-order valence-corrected chi connectivity index (χ0v) is 16.7. The first-order valence-corrected chi connectivity index (χ1v) is 9.49. The van der Waals surface area contributed by atoms with E-state index in [-0.39, 0.29) is 23.4 Å². The molecule has 3 aromatic rings. The number of benzene rings is 3. The Morgan fingerprint density at radius 2 is 1.53 bits per heavy atom. The van der Waals surface area contributed by atoms with Gasteiger partial charge in [0.1, 0.15) is 5.75 Å². The van der Waals surface area contributed by atoms with Crippen LogP contribution in [-0.2, 0) is 4.79 Å². The van der Waals surface area contributed by atoms with E-state index in [4.69, 9.17) is 4.74 Å². The first-order valence-electron chi connectivity index (χ1n) is 9.49. The summed E-state index contributed by atoms with van der Waals surface area (Å²) in [6.45, 7) is 1.77. The van der Waals surface area contributed by atoms with Gasteiger partial charge in [0.15, 0.2) is 0 Å². The Morgan fingerprint density at radius 3 is 2.03 bits per heavy atom. The molecule has 0 unspecified atom stereocenters. The Labute approximate surface area is 174 Å². The summed E-state index contributed by atoms with van der Waals surface area (Å²) in [5.41, 5.74) is 2.34. The molecule has 0 radical (unpaired) electrons. The molecule has 30 heavy (non-hydrogen) atoms. The van der Waals surface area contributed by atoms with Crippen molar-refractivity contribution in [3.05, 3.63) is 100 Å². The van der Waals surface area contributed by atoms with Gasteiger partial charge in [-0.2, -0.15) is 0 Å². The van der Waals surface area contributed by atoms with E-state index in [1.165, 1.54) is 25.3 Å². The molecular formula is C23H23N3O4. The smallest absolute Gasteiger partial charge is 0.273 e. The number of amides is 1. The van der Waals surface area contributed by atoms with E-state index in [0.29, 0.717) is 5.69 Å². The molecule has 0 aliphatic rings. The molecule has 0 fully saturated rings. The van der Waals surface area contributed by atoms with Crippen LogP contribution < -0.4 is 15.4 Å². The standard InChI is InChI=1S/C23H23N3O4/c1-16(23(27)25-20-14-13-19(26(28)29)15-21(20)30-2)24-22(17-9-5-3-6-10-17)18-11-7-4-8-12-18/h3-16,22,24H,1-2H3,(H,25,27)/t16-/m0/s1. The number of carbonyl (C=O) groups is 1. The van der Waals surface area contributed by atoms with Crippen LogP contribution in [0, 0.1) is 10.1 Å². The topological polar surface area (TPSA) is 93.5 Å². The third-order valence-electron chi connectivity index (χ3n) is 4.73. The Kier molecular flexibility index (Phi) is 6.77. The van der Waals surface area contributed by atoms with Crippen molar-refractivity contribution in [2.24, 2.45) is 0 Å². The SMILES string of the molecule is COc1cc([N+](=O)[O-])ccc1NC(=O)[C@H](C)NC(c1ccccc1)c1ccccc1. The lowest BCUT2D eigenvalue weighted by Gasteiger charge is -2.24. The lowest BCUT2D eigenvalue weighted by atomic mass is 9.98. The van der Waals surface area contributed by atoms with Crippen LogP contribution in [0.3, 0.4) is 0 Å². The van der Waals surface area contributed by atoms with Gasteiger partial charge in [-0.1, -0.05) is 60.7 Å². The summed E-state index contributed by atoms with van der Waals surface area (Å²) in [6.07, 6.45) is 0. The highest BCUT2D eigenvalue weighted by molar-refractivity contribution is 5.96. The first kappa shape index (κ1) is 21.0. The largest absolute Gasteiger partial charge is 0.494 e. The maximum absolute atomic E-state index is 12.8. The number of non-ortho nitro benzene ring substituents is 1. The van der Waals surface area contributed by atoms with Gasteiger partial charge >= 0.3 is 0 Å². The minimum Gasteiger partial charge on any atom is -0.494 e. The van der Waals surface area contributed by atoms with Crippen molar-refractivity contribution in [2.45, 2.75) is 19.0 Å². The van der Waals surface area contributed by atoms with Crippen molar-refractivity contribution in [2.75, 3.05) is 12.4 Å². The number of ether oxygens (including phenoxy) is 1. The quantitative estimate of drug-likeness (QED) is 0.430. The first-order chi connectivity index (χ1) is 14.5. The molecule has 0 saturated carbocycles. The summed E-state index contributed by atoms with van der Waals surface area (Å²) in [6, 6.07) is 23.1. The number of anilines is 1. The van der Waals surface area contributed by atoms with Crippen molar-refractivity contribution >= 4 is 17.3 Å². The Balaban J connectivity index is 1.79. The molecule has 154 valence electrons. The molecule has 7 nitrogen and oxygen atoms in total. The highest BCUT2D eigenvalue weighted by atomic mass is 16.6. The molecule has 0 aliphatic heterocycles. The van der Waals surface area contributed by atoms with E-state index in [0.717, 1.165) is 11.1 Å². The Morgan fingerprint density at radius 1 is 0.967 bits per heavy atom. The van der Waals surface area contributed by atoms with Gasteiger partial charge in [0.25, 0.3) is 5.69 Å². The zero-order chi connectivity index (χ0) is 21.5. The number of nitrogens with zero attached hydrogens (tertiary/aromatic N) is 1. The predicted octanol–water partition coefficient (Wildman–Crippen LogP) is 4.31. The van der Waals surface area contributed by atoms with Gasteiger partial charge in [-0.15, -0.1) is 0 Å². The van der Waals surface area contributed by atoms with E-state index >= 15 is 0 Å². The van der Waals surface area contributed by atoms with Crippen molar-refractivity contribution in [1.82, 2.24) is 5.32 Å². The maximum atomic E-state index is 12.8. The van der Waals surface area contributed by atoms with Crippen LogP contribution in [0.15, 0.2) is 78.9 Å². The van der Waals surface area contributed by atoms with Crippen molar-refractivity contribution in [3.63, 3.8) is 0 Å². The van der Waals surface area contributed by atoms with Crippen LogP contribution >= 0.6 is 0 Å². The van der Waals surface area contributed by atoms with E-state index in [2.05, 4.69) is 10.6 Å². The van der Waals surface area contributed by atoms with E-state index < -0.39 is 11.0 Å². The fraction of sp³-hybridized carbons (Fsp3) is 0.174. The third kappa shape index (κ3) is 5.01. The third-order valence-corrected chi connectivity index (χ3v) is 4.73. The van der Waals surface area contributed by atoms with Crippen LogP contribution in [-0.4, -0.2) is 24.0 Å². The van der Waals surface area contributed by atoms with Gasteiger partial charge in [0.2, 0.25) is 5.91 Å². The molecule has 1 atom stereocenters. The lowest BCUT2D eigenvalue weighted by Crippen LogP contribution is -2.40. The average Bonchev–Trinajstić information content (AvgIpc) is 2.78. The van der Waals surface area contributed by atoms with Gasteiger partial charge in [-0.3, -0.25) is 20.2 Å². The van der Waals surface area contributed by atoms with E-state index in [9.17, 15) is 14.9 Å². The molecule has 0 spiro atoms. The fourth-order valence-electron chi connectivity index (χ4n) is 3.14. The van der Waals surface area contributed by atoms with Gasteiger partial charge in [-0.25, -0.2) is 0 Å². The lowest BCUT2D eigenvalue weighted by molar-refractivity contribution is -0.384. The summed E-state index contributed by atoms with van der Waals surface area (Å²) in [5.74, 6) is -0.0496. The molecule has 0 aliphatic carbocycles. The molecule has 2 N–H and O–H groups in total. The number of methoxy groups -OCH3 is 1. The number of nitrogens with one attached hydrogen (secondary N) is 2. The van der Waals surface area contributed by atoms with Crippen LogP contribution in [0.4, 0.5) is 11.4 Å². The minimum absolute atomic E-state index is 0.107. The average molecular weight is 405 g/mol. The molecular weight excluding hydrogens is 382 g/mol. The van der Waals surface area contributed by atoms with Crippen molar-refractivity contribution < 1.29 is 14.5 Å². The second-order valence-electron chi connectivity index (χ2n) is 6.77. The van der Waals surface area contributed by atoms with Crippen LogP contribution in [0.5, 0.6) is 5.75 Å². The van der Waals surface area contributed by atoms with Gasteiger partial charge in [-0.05, 0) is 24.1 Å². The monoisotopic (exact) mass is 405 g/mol. The van der Waals surface area contributed by atoms with Gasteiger partial charge in [0, 0.05) is 6.07 Å². The van der Waals surface area contributed by atoms with Crippen LogP contribution in [0.2, 0.25) is 0 Å². The summed E-state index contributed by atoms with van der Waals surface area (Å²) in [5, 5.41) is 17.1. The number of nitro benzene ring substituents is 1. The number of hydrogen-bond donors (Lipinski definition) is 2. The predicted molar refractivity (Wildman–Crippen MR) is 116 cm³/mol. The number of hydrogen-bond acceptors (Lipinski definition) is 5. The molecule has 3 aromatic carbocycles. The van der Waals surface area contributed by atoms with Crippen LogP contribution in [0.25, 0.3) is 0 Å². The summed E-state index contributed by atoms with van der Waals surface area (Å²) < 4.78 is 5.20. The molecule has 3 rings (SSSR count).